The molecule has 1 aliphatic carbocycles. The number of hydrogen-bond acceptors (Lipinski definition) is 3. The zero-order valence-corrected chi connectivity index (χ0v) is 12.2. The fraction of sp³-hybridized carbons (Fsp3) is 0.600. The van der Waals surface area contributed by atoms with Gasteiger partial charge in [-0.3, -0.25) is 4.90 Å². The van der Waals surface area contributed by atoms with E-state index in [-0.39, 0.29) is 22.6 Å². The third-order valence-corrected chi connectivity index (χ3v) is 4.60. The Labute approximate surface area is 123 Å². The van der Waals surface area contributed by atoms with E-state index in [1.807, 2.05) is 0 Å². The number of halogens is 2. The van der Waals surface area contributed by atoms with Gasteiger partial charge in [0.05, 0.1) is 5.02 Å². The van der Waals surface area contributed by atoms with Gasteiger partial charge in [-0.1, -0.05) is 24.4 Å². The maximum absolute atomic E-state index is 14.2. The molecule has 1 atom stereocenters. The molecule has 5 heteroatoms. The second kappa shape index (κ2) is 5.88. The molecule has 2 fully saturated rings. The molecule has 1 aromatic rings. The molecule has 0 bridgehead atoms. The molecular formula is C15H20ClFN2O. The van der Waals surface area contributed by atoms with Crippen LogP contribution >= 0.6 is 11.6 Å². The van der Waals surface area contributed by atoms with E-state index in [0.717, 1.165) is 32.6 Å². The zero-order valence-electron chi connectivity index (χ0n) is 11.4. The average Bonchev–Trinajstić information content (AvgIpc) is 3.27. The predicted octanol–water partition coefficient (Wildman–Crippen LogP) is 2.93. The minimum atomic E-state index is -0.351. The Morgan fingerprint density at radius 2 is 2.05 bits per heavy atom. The molecule has 3 nitrogen and oxygen atoms in total. The minimum absolute atomic E-state index is 0.0664. The first-order valence-corrected chi connectivity index (χ1v) is 7.66. The Balaban J connectivity index is 1.93. The molecule has 110 valence electrons. The van der Waals surface area contributed by atoms with Crippen LogP contribution in [0.5, 0.6) is 5.75 Å². The molecule has 0 radical (unpaired) electrons. The molecule has 20 heavy (non-hydrogen) atoms. The average molecular weight is 299 g/mol. The van der Waals surface area contributed by atoms with E-state index in [9.17, 15) is 9.50 Å². The number of phenols is 1. The maximum Gasteiger partial charge on any atom is 0.141 e. The second-order valence-corrected chi connectivity index (χ2v) is 6.18. The van der Waals surface area contributed by atoms with E-state index < -0.39 is 0 Å². The van der Waals surface area contributed by atoms with Crippen LogP contribution in [0.2, 0.25) is 5.02 Å². The fourth-order valence-electron chi connectivity index (χ4n) is 2.99. The highest BCUT2D eigenvalue weighted by Gasteiger charge is 2.33. The van der Waals surface area contributed by atoms with Gasteiger partial charge in [0.25, 0.3) is 0 Å². The summed E-state index contributed by atoms with van der Waals surface area (Å²) >= 11 is 5.97. The molecular weight excluding hydrogens is 279 g/mol. The van der Waals surface area contributed by atoms with Crippen LogP contribution in [0.3, 0.4) is 0 Å². The van der Waals surface area contributed by atoms with Gasteiger partial charge in [-0.05, 0) is 24.5 Å². The van der Waals surface area contributed by atoms with E-state index in [2.05, 4.69) is 10.2 Å². The molecule has 0 spiro atoms. The van der Waals surface area contributed by atoms with Gasteiger partial charge >= 0.3 is 0 Å². The van der Waals surface area contributed by atoms with Gasteiger partial charge in [-0.2, -0.15) is 0 Å². The fourth-order valence-corrected chi connectivity index (χ4v) is 3.15. The molecule has 1 heterocycles. The van der Waals surface area contributed by atoms with E-state index in [1.165, 1.54) is 25.0 Å². The molecule has 0 amide bonds. The van der Waals surface area contributed by atoms with E-state index in [4.69, 9.17) is 11.6 Å². The summed E-state index contributed by atoms with van der Waals surface area (Å²) in [6, 6.07) is 2.71. The van der Waals surface area contributed by atoms with Crippen molar-refractivity contribution in [2.45, 2.75) is 25.3 Å². The lowest BCUT2D eigenvalue weighted by Gasteiger charge is -2.36. The molecule has 1 aromatic carbocycles. The normalized spacial score (nSPS) is 21.9. The lowest BCUT2D eigenvalue weighted by Crippen LogP contribution is -2.45. The van der Waals surface area contributed by atoms with Crippen molar-refractivity contribution in [3.8, 4) is 5.75 Å². The van der Waals surface area contributed by atoms with Crippen molar-refractivity contribution in [3.05, 3.63) is 28.5 Å². The number of nitrogens with zero attached hydrogens (tertiary/aromatic N) is 1. The molecule has 2 N–H and O–H groups in total. The van der Waals surface area contributed by atoms with Crippen molar-refractivity contribution in [2.24, 2.45) is 5.92 Å². The standard InChI is InChI=1S/C15H20ClFN2O/c16-11-3-4-12(17)14(15(11)20)13(9-10-1-2-10)19-7-5-18-6-8-19/h3-4,10,13,18,20H,1-2,5-9H2/t13-/m0/s1. The lowest BCUT2D eigenvalue weighted by molar-refractivity contribution is 0.154. The predicted molar refractivity (Wildman–Crippen MR) is 77.6 cm³/mol. The quantitative estimate of drug-likeness (QED) is 0.897. The molecule has 0 aromatic heterocycles. The van der Waals surface area contributed by atoms with Gasteiger partial charge < -0.3 is 10.4 Å². The van der Waals surface area contributed by atoms with Crippen molar-refractivity contribution in [1.82, 2.24) is 10.2 Å². The SMILES string of the molecule is Oc1c(Cl)ccc(F)c1[C@H](CC1CC1)N1CCNCC1. The summed E-state index contributed by atoms with van der Waals surface area (Å²) in [5.74, 6) is 0.222. The second-order valence-electron chi connectivity index (χ2n) is 5.77. The Morgan fingerprint density at radius 3 is 2.70 bits per heavy atom. The number of benzene rings is 1. The van der Waals surface area contributed by atoms with Crippen LogP contribution in [0, 0.1) is 11.7 Å². The smallest absolute Gasteiger partial charge is 0.141 e. The van der Waals surface area contributed by atoms with Crippen LogP contribution in [0.25, 0.3) is 0 Å². The first-order chi connectivity index (χ1) is 9.66. The first-order valence-electron chi connectivity index (χ1n) is 7.28. The summed E-state index contributed by atoms with van der Waals surface area (Å²) in [6.45, 7) is 3.57. The van der Waals surface area contributed by atoms with Crippen LogP contribution < -0.4 is 5.32 Å². The largest absolute Gasteiger partial charge is 0.506 e. The molecule has 1 saturated heterocycles. The van der Waals surface area contributed by atoms with Crippen LogP contribution in [0.15, 0.2) is 12.1 Å². The van der Waals surface area contributed by atoms with Gasteiger partial charge in [-0.25, -0.2) is 4.39 Å². The molecule has 2 aliphatic rings. The number of nitrogens with one attached hydrogen (secondary N) is 1. The summed E-state index contributed by atoms with van der Waals surface area (Å²) in [7, 11) is 0. The van der Waals surface area contributed by atoms with Crippen LogP contribution in [-0.4, -0.2) is 36.2 Å². The van der Waals surface area contributed by atoms with Crippen LogP contribution in [-0.2, 0) is 0 Å². The number of aromatic hydroxyl groups is 1. The Morgan fingerprint density at radius 1 is 1.35 bits per heavy atom. The van der Waals surface area contributed by atoms with Gasteiger partial charge in [0, 0.05) is 37.8 Å². The number of hydrogen-bond donors (Lipinski definition) is 2. The summed E-state index contributed by atoms with van der Waals surface area (Å²) in [5.41, 5.74) is 0.381. The van der Waals surface area contributed by atoms with Crippen LogP contribution in [0.1, 0.15) is 30.9 Å². The summed E-state index contributed by atoms with van der Waals surface area (Å²) in [4.78, 5) is 2.27. The molecule has 3 rings (SSSR count). The Bertz CT molecular complexity index is 487. The highest BCUT2D eigenvalue weighted by atomic mass is 35.5. The summed E-state index contributed by atoms with van der Waals surface area (Å²) in [6.07, 6.45) is 3.34. The number of piperazine rings is 1. The topological polar surface area (TPSA) is 35.5 Å². The molecule has 1 aliphatic heterocycles. The van der Waals surface area contributed by atoms with E-state index >= 15 is 0 Å². The van der Waals surface area contributed by atoms with Crippen LogP contribution in [0.4, 0.5) is 4.39 Å². The molecule has 0 unspecified atom stereocenters. The first kappa shape index (κ1) is 14.1. The maximum atomic E-state index is 14.2. The summed E-state index contributed by atoms with van der Waals surface area (Å²) in [5, 5.41) is 13.7. The molecule has 1 saturated carbocycles. The third-order valence-electron chi connectivity index (χ3n) is 4.29. The van der Waals surface area contributed by atoms with Gasteiger partial charge in [0.1, 0.15) is 11.6 Å². The zero-order chi connectivity index (χ0) is 14.1. The van der Waals surface area contributed by atoms with Gasteiger partial charge in [0.2, 0.25) is 0 Å². The van der Waals surface area contributed by atoms with Crippen molar-refractivity contribution in [1.29, 1.82) is 0 Å². The van der Waals surface area contributed by atoms with Gasteiger partial charge in [0.15, 0.2) is 0 Å². The highest BCUT2D eigenvalue weighted by Crippen LogP contribution is 2.44. The Kier molecular flexibility index (Phi) is 4.15. The van der Waals surface area contributed by atoms with E-state index in [1.54, 1.807) is 0 Å². The van der Waals surface area contributed by atoms with Crippen molar-refractivity contribution in [3.63, 3.8) is 0 Å². The number of rotatable bonds is 4. The van der Waals surface area contributed by atoms with Crippen molar-refractivity contribution >= 4 is 11.6 Å². The Hall–Kier alpha value is -0.840. The highest BCUT2D eigenvalue weighted by molar-refractivity contribution is 6.32. The summed E-state index contributed by atoms with van der Waals surface area (Å²) < 4.78 is 14.2. The van der Waals surface area contributed by atoms with E-state index in [0.29, 0.717) is 11.5 Å². The van der Waals surface area contributed by atoms with Crippen molar-refractivity contribution < 1.29 is 9.50 Å². The lowest BCUT2D eigenvalue weighted by atomic mass is 9.97. The monoisotopic (exact) mass is 298 g/mol. The minimum Gasteiger partial charge on any atom is -0.506 e. The third kappa shape index (κ3) is 2.92. The van der Waals surface area contributed by atoms with Gasteiger partial charge in [-0.15, -0.1) is 0 Å². The number of phenolic OH excluding ortho intramolecular Hbond substituents is 1. The van der Waals surface area contributed by atoms with Crippen molar-refractivity contribution in [2.75, 3.05) is 26.2 Å².